The fourth-order valence-corrected chi connectivity index (χ4v) is 5.51. The average molecular weight is 465 g/mol. The van der Waals surface area contributed by atoms with Gasteiger partial charge in [-0.2, -0.15) is 0 Å². The summed E-state index contributed by atoms with van der Waals surface area (Å²) >= 11 is 6.19. The van der Waals surface area contributed by atoms with Crippen molar-refractivity contribution >= 4 is 34.8 Å². The van der Waals surface area contributed by atoms with Crippen molar-refractivity contribution in [3.8, 4) is 5.75 Å². The van der Waals surface area contributed by atoms with Crippen LogP contribution >= 0.6 is 11.6 Å². The predicted molar refractivity (Wildman–Crippen MR) is 111 cm³/mol. The van der Waals surface area contributed by atoms with Crippen molar-refractivity contribution in [2.45, 2.75) is 24.2 Å². The number of nitrogens with two attached hydrogens (primary N) is 1. The molecule has 1 fully saturated rings. The molecule has 1 aromatic carbocycles. The van der Waals surface area contributed by atoms with Crippen molar-refractivity contribution in [2.75, 3.05) is 14.1 Å². The summed E-state index contributed by atoms with van der Waals surface area (Å²) < 4.78 is 0. The van der Waals surface area contributed by atoms with Gasteiger partial charge in [0.05, 0.1) is 17.7 Å². The number of rotatable bonds is 2. The third kappa shape index (κ3) is 2.61. The fourth-order valence-electron chi connectivity index (χ4n) is 5.24. The minimum Gasteiger partial charge on any atom is -0.508 e. The molecule has 0 aromatic heterocycles. The molecule has 170 valence electrons. The molecule has 3 aliphatic rings. The highest BCUT2D eigenvalue weighted by Gasteiger charge is 2.65. The molecule has 1 saturated carbocycles. The second-order valence-electron chi connectivity index (χ2n) is 8.47. The number of ketones is 2. The number of halogens is 1. The lowest BCUT2D eigenvalue weighted by Gasteiger charge is -2.51. The number of primary amides is 1. The molecule has 0 bridgehead atoms. The third-order valence-electron chi connectivity index (χ3n) is 6.64. The van der Waals surface area contributed by atoms with Crippen molar-refractivity contribution in [3.05, 3.63) is 45.2 Å². The van der Waals surface area contributed by atoms with Crippen LogP contribution in [-0.2, 0) is 14.4 Å². The zero-order valence-electron chi connectivity index (χ0n) is 17.0. The first-order valence-electron chi connectivity index (χ1n) is 9.69. The van der Waals surface area contributed by atoms with Gasteiger partial charge in [-0.3, -0.25) is 19.3 Å². The number of aromatic hydroxyl groups is 1. The quantitative estimate of drug-likeness (QED) is 0.331. The second kappa shape index (κ2) is 7.04. The summed E-state index contributed by atoms with van der Waals surface area (Å²) in [6, 6.07) is 1.25. The summed E-state index contributed by atoms with van der Waals surface area (Å²) in [5, 5.41) is 54.4. The van der Waals surface area contributed by atoms with Crippen LogP contribution in [0.2, 0.25) is 5.02 Å². The molecule has 0 unspecified atom stereocenters. The number of carbonyl (C=O) groups is 3. The Bertz CT molecular complexity index is 1160. The number of carbonyl (C=O) groups excluding carboxylic acids is 3. The number of hydrogen-bond acceptors (Lipinski definition) is 9. The smallest absolute Gasteiger partial charge is 0.255 e. The minimum absolute atomic E-state index is 0.00251. The Morgan fingerprint density at radius 3 is 2.41 bits per heavy atom. The van der Waals surface area contributed by atoms with E-state index in [2.05, 4.69) is 0 Å². The summed E-state index contributed by atoms with van der Waals surface area (Å²) in [5.41, 5.74) is 0.845. The topological polar surface area (TPSA) is 182 Å². The first kappa shape index (κ1) is 22.3. The standard InChI is InChI=1S/C21H21ClN2O8/c1-24(2)14-7-5-6-10(16(27)12-9(25)4-3-8(22)11(12)15(6)26)18(29)21(7,32)19(30)13(17(14)28)20(23)31/h3-4,6-7,14-15,25-27,30,32H,5H2,1-2H3,(H2,23,31)/t6-,7-,14-,15+,21-/m0/s1. The number of aliphatic hydroxyl groups excluding tert-OH is 3. The van der Waals surface area contributed by atoms with Gasteiger partial charge in [-0.25, -0.2) is 0 Å². The number of benzene rings is 1. The van der Waals surface area contributed by atoms with E-state index < -0.39 is 75.5 Å². The van der Waals surface area contributed by atoms with Crippen LogP contribution in [0.5, 0.6) is 5.75 Å². The maximum Gasteiger partial charge on any atom is 0.255 e. The lowest BCUT2D eigenvalue weighted by Crippen LogP contribution is -2.66. The van der Waals surface area contributed by atoms with Crippen LogP contribution in [-0.4, -0.2) is 73.6 Å². The Labute approximate surface area is 186 Å². The fraction of sp³-hybridized carbons (Fsp3) is 0.381. The zero-order chi connectivity index (χ0) is 23.9. The lowest BCUT2D eigenvalue weighted by atomic mass is 9.57. The van der Waals surface area contributed by atoms with Crippen LogP contribution < -0.4 is 5.73 Å². The Kier molecular flexibility index (Phi) is 4.90. The van der Waals surface area contributed by atoms with Crippen molar-refractivity contribution in [1.82, 2.24) is 4.90 Å². The molecule has 4 rings (SSSR count). The SMILES string of the molecule is CN(C)[C@@H]1C(=O)C(C(N)=O)=C(O)[C@@]2(O)C(=O)C3=C(O)c4c(O)ccc(Cl)c4[C@H](O)[C@H]3C[C@@H]12. The van der Waals surface area contributed by atoms with Gasteiger partial charge >= 0.3 is 0 Å². The van der Waals surface area contributed by atoms with Gasteiger partial charge in [0.15, 0.2) is 11.4 Å². The summed E-state index contributed by atoms with van der Waals surface area (Å²) in [6.45, 7) is 0. The van der Waals surface area contributed by atoms with E-state index in [1.165, 1.54) is 31.1 Å². The molecule has 3 aliphatic carbocycles. The van der Waals surface area contributed by atoms with E-state index >= 15 is 0 Å². The van der Waals surface area contributed by atoms with E-state index in [9.17, 15) is 39.9 Å². The molecule has 1 amide bonds. The summed E-state index contributed by atoms with van der Waals surface area (Å²) in [6.07, 6.45) is -1.70. The number of phenols is 1. The Morgan fingerprint density at radius 2 is 1.84 bits per heavy atom. The van der Waals surface area contributed by atoms with Gasteiger partial charge in [0.2, 0.25) is 5.78 Å². The number of Topliss-reactive ketones (excluding diaryl/α,β-unsaturated/α-hetero) is 2. The summed E-state index contributed by atoms with van der Waals surface area (Å²) in [5.74, 6) is -8.19. The lowest BCUT2D eigenvalue weighted by molar-refractivity contribution is -0.155. The van der Waals surface area contributed by atoms with Crippen LogP contribution in [0.4, 0.5) is 0 Å². The van der Waals surface area contributed by atoms with E-state index in [0.717, 1.165) is 0 Å². The highest BCUT2D eigenvalue weighted by Crippen LogP contribution is 2.56. The molecule has 5 atom stereocenters. The molecule has 10 nitrogen and oxygen atoms in total. The van der Waals surface area contributed by atoms with Crippen LogP contribution in [0.15, 0.2) is 29.0 Å². The maximum atomic E-state index is 13.6. The molecule has 0 aliphatic heterocycles. The molecule has 11 heteroatoms. The largest absolute Gasteiger partial charge is 0.508 e. The molecule has 0 heterocycles. The van der Waals surface area contributed by atoms with Gasteiger partial charge < -0.3 is 31.3 Å². The van der Waals surface area contributed by atoms with E-state index in [0.29, 0.717) is 0 Å². The normalized spacial score (nSPS) is 32.1. The number of amides is 1. The number of aliphatic hydroxyl groups is 4. The molecule has 32 heavy (non-hydrogen) atoms. The van der Waals surface area contributed by atoms with Crippen LogP contribution in [0.3, 0.4) is 0 Å². The number of hydrogen-bond donors (Lipinski definition) is 6. The van der Waals surface area contributed by atoms with E-state index in [4.69, 9.17) is 17.3 Å². The van der Waals surface area contributed by atoms with Crippen LogP contribution in [0, 0.1) is 11.8 Å². The van der Waals surface area contributed by atoms with Gasteiger partial charge in [0.25, 0.3) is 5.91 Å². The van der Waals surface area contributed by atoms with Gasteiger partial charge in [0, 0.05) is 28.0 Å². The first-order chi connectivity index (χ1) is 14.8. The Hall–Kier alpha value is -2.92. The van der Waals surface area contributed by atoms with Crippen molar-refractivity contribution < 1.29 is 39.9 Å². The zero-order valence-corrected chi connectivity index (χ0v) is 17.8. The van der Waals surface area contributed by atoms with Crippen molar-refractivity contribution in [1.29, 1.82) is 0 Å². The summed E-state index contributed by atoms with van der Waals surface area (Å²) in [4.78, 5) is 39.8. The molecule has 7 N–H and O–H groups in total. The maximum absolute atomic E-state index is 13.6. The molecule has 0 saturated heterocycles. The number of nitrogens with zero attached hydrogens (tertiary/aromatic N) is 1. The molecule has 0 radical (unpaired) electrons. The van der Waals surface area contributed by atoms with Crippen molar-refractivity contribution in [3.63, 3.8) is 0 Å². The average Bonchev–Trinajstić information content (AvgIpc) is 2.69. The first-order valence-corrected chi connectivity index (χ1v) is 10.1. The van der Waals surface area contributed by atoms with Gasteiger partial charge in [-0.1, -0.05) is 11.6 Å². The predicted octanol–water partition coefficient (Wildman–Crippen LogP) is 0.108. The van der Waals surface area contributed by atoms with Crippen LogP contribution in [0.1, 0.15) is 23.7 Å². The minimum atomic E-state index is -2.77. The highest BCUT2D eigenvalue weighted by molar-refractivity contribution is 6.32. The second-order valence-corrected chi connectivity index (χ2v) is 8.87. The summed E-state index contributed by atoms with van der Waals surface area (Å²) in [7, 11) is 2.97. The monoisotopic (exact) mass is 464 g/mol. The Morgan fingerprint density at radius 1 is 1.22 bits per heavy atom. The third-order valence-corrected chi connectivity index (χ3v) is 6.97. The van der Waals surface area contributed by atoms with Gasteiger partial charge in [-0.05, 0) is 32.6 Å². The van der Waals surface area contributed by atoms with E-state index in [1.807, 2.05) is 0 Å². The highest BCUT2D eigenvalue weighted by atomic mass is 35.5. The number of likely N-dealkylation sites (N-methyl/N-ethyl adjacent to an activating group) is 1. The van der Waals surface area contributed by atoms with Gasteiger partial charge in [-0.15, -0.1) is 0 Å². The molecule has 1 aromatic rings. The van der Waals surface area contributed by atoms with Crippen LogP contribution in [0.25, 0.3) is 5.76 Å². The van der Waals surface area contributed by atoms with E-state index in [-0.39, 0.29) is 22.6 Å². The number of fused-ring (bicyclic) bond motifs is 3. The Balaban J connectivity index is 2.03. The van der Waals surface area contributed by atoms with E-state index in [1.54, 1.807) is 0 Å². The molecular weight excluding hydrogens is 444 g/mol. The van der Waals surface area contributed by atoms with Crippen molar-refractivity contribution in [2.24, 2.45) is 17.6 Å². The number of phenolic OH excluding ortho intramolecular Hbond substituents is 1. The molecule has 0 spiro atoms. The van der Waals surface area contributed by atoms with Gasteiger partial charge in [0.1, 0.15) is 22.8 Å². The molecular formula is C21H21ClN2O8.